The van der Waals surface area contributed by atoms with Crippen molar-refractivity contribution in [1.82, 2.24) is 0 Å². The van der Waals surface area contributed by atoms with Crippen molar-refractivity contribution >= 4 is 8.56 Å². The lowest BCUT2D eigenvalue weighted by molar-refractivity contribution is -0.0156. The van der Waals surface area contributed by atoms with Crippen LogP contribution >= 0.6 is 0 Å². The lowest BCUT2D eigenvalue weighted by Gasteiger charge is -2.48. The van der Waals surface area contributed by atoms with Crippen molar-refractivity contribution in [3.8, 4) is 5.75 Å². The van der Waals surface area contributed by atoms with Crippen molar-refractivity contribution in [2.75, 3.05) is 21.3 Å². The van der Waals surface area contributed by atoms with Gasteiger partial charge in [0.15, 0.2) is 0 Å². The first-order chi connectivity index (χ1) is 10.6. The maximum Gasteiger partial charge on any atom is 0.370 e. The number of phenolic OH excluding ortho intramolecular Hbond substituents is 1. The highest BCUT2D eigenvalue weighted by molar-refractivity contribution is 6.70. The van der Waals surface area contributed by atoms with E-state index in [4.69, 9.17) is 13.6 Å². The fourth-order valence-electron chi connectivity index (χ4n) is 3.81. The molecular weight excluding hydrogens is 296 g/mol. The first-order valence-corrected chi connectivity index (χ1v) is 10.1. The van der Waals surface area contributed by atoms with Crippen molar-refractivity contribution in [1.29, 1.82) is 0 Å². The normalized spacial score (nSPS) is 24.3. The third-order valence-electron chi connectivity index (χ3n) is 5.10. The fraction of sp³-hybridized carbons (Fsp3) is 0.647. The smallest absolute Gasteiger partial charge is 0.370 e. The van der Waals surface area contributed by atoms with Crippen LogP contribution in [-0.4, -0.2) is 40.2 Å². The average molecular weight is 324 g/mol. The molecule has 4 nitrogen and oxygen atoms in total. The van der Waals surface area contributed by atoms with Crippen molar-refractivity contribution in [2.24, 2.45) is 0 Å². The minimum absolute atomic E-state index is 0.279. The van der Waals surface area contributed by atoms with Crippen LogP contribution in [0.4, 0.5) is 0 Å². The molecule has 0 bridgehead atoms. The van der Waals surface area contributed by atoms with E-state index < -0.39 is 8.56 Å². The highest BCUT2D eigenvalue weighted by Gasteiger charge is 2.58. The molecule has 1 saturated heterocycles. The zero-order chi connectivity index (χ0) is 16.1. The van der Waals surface area contributed by atoms with Crippen LogP contribution in [0.15, 0.2) is 24.3 Å². The van der Waals surface area contributed by atoms with Crippen molar-refractivity contribution in [3.63, 3.8) is 0 Å². The van der Waals surface area contributed by atoms with E-state index in [2.05, 4.69) is 0 Å². The van der Waals surface area contributed by atoms with Crippen LogP contribution in [0, 0.1) is 0 Å². The lowest BCUT2D eigenvalue weighted by Crippen LogP contribution is -2.64. The van der Waals surface area contributed by atoms with Crippen LogP contribution < -0.4 is 0 Å². The van der Waals surface area contributed by atoms with E-state index in [9.17, 15) is 5.11 Å². The monoisotopic (exact) mass is 324 g/mol. The molecule has 0 radical (unpaired) electrons. The van der Waals surface area contributed by atoms with E-state index in [0.717, 1.165) is 50.1 Å². The first kappa shape index (κ1) is 17.5. The Balaban J connectivity index is 2.08. The maximum absolute atomic E-state index is 9.89. The molecular formula is C17H28O4Si. The van der Waals surface area contributed by atoms with E-state index in [-0.39, 0.29) is 5.22 Å². The summed E-state index contributed by atoms with van der Waals surface area (Å²) in [5.74, 6) is 0.375. The number of ether oxygens (including phenoxy) is 1. The van der Waals surface area contributed by atoms with Gasteiger partial charge in [-0.15, -0.1) is 0 Å². The van der Waals surface area contributed by atoms with Gasteiger partial charge in [0.05, 0.1) is 0 Å². The van der Waals surface area contributed by atoms with Gasteiger partial charge in [-0.25, -0.2) is 0 Å². The van der Waals surface area contributed by atoms with Crippen LogP contribution in [0.3, 0.4) is 0 Å². The number of para-hydroxylation sites is 1. The Morgan fingerprint density at radius 1 is 1.14 bits per heavy atom. The molecule has 124 valence electrons. The molecule has 1 atom stereocenters. The summed E-state index contributed by atoms with van der Waals surface area (Å²) in [7, 11) is 2.96. The molecule has 1 N–H and O–H groups in total. The van der Waals surface area contributed by atoms with Gasteiger partial charge in [-0.05, 0) is 43.4 Å². The van der Waals surface area contributed by atoms with Crippen molar-refractivity contribution in [3.05, 3.63) is 29.8 Å². The number of benzene rings is 1. The number of hydrogen-bond acceptors (Lipinski definition) is 4. The molecule has 1 aliphatic heterocycles. The van der Waals surface area contributed by atoms with E-state index in [1.165, 1.54) is 0 Å². The molecule has 1 fully saturated rings. The number of phenols is 1. The van der Waals surface area contributed by atoms with Gasteiger partial charge in [-0.1, -0.05) is 31.0 Å². The molecule has 1 heterocycles. The summed E-state index contributed by atoms with van der Waals surface area (Å²) >= 11 is 0. The number of aromatic hydroxyl groups is 1. The number of rotatable bonds is 7. The largest absolute Gasteiger partial charge is 0.508 e. The molecule has 0 amide bonds. The number of hydrogen-bond donors (Lipinski definition) is 1. The summed E-state index contributed by atoms with van der Waals surface area (Å²) in [5.41, 5.74) is 0.992. The molecule has 1 aliphatic rings. The molecule has 22 heavy (non-hydrogen) atoms. The van der Waals surface area contributed by atoms with Crippen molar-refractivity contribution in [2.45, 2.75) is 49.8 Å². The molecule has 1 aromatic rings. The third kappa shape index (κ3) is 3.22. The van der Waals surface area contributed by atoms with Crippen LogP contribution in [-0.2, 0) is 20.0 Å². The van der Waals surface area contributed by atoms with Gasteiger partial charge in [0.2, 0.25) is 0 Å². The Kier molecular flexibility index (Phi) is 6.03. The Hall–Kier alpha value is -0.883. The Labute approximate surface area is 134 Å². The van der Waals surface area contributed by atoms with Gasteiger partial charge < -0.3 is 18.7 Å². The number of methoxy groups -OCH3 is 1. The van der Waals surface area contributed by atoms with Gasteiger partial charge in [-0.2, -0.15) is 0 Å². The second kappa shape index (κ2) is 7.59. The fourth-order valence-corrected chi connectivity index (χ4v) is 7.72. The zero-order valence-electron chi connectivity index (χ0n) is 13.9. The summed E-state index contributed by atoms with van der Waals surface area (Å²) in [4.78, 5) is 0. The summed E-state index contributed by atoms with van der Waals surface area (Å²) in [6.45, 7) is 0. The lowest BCUT2D eigenvalue weighted by atomic mass is 10.0. The van der Waals surface area contributed by atoms with Gasteiger partial charge in [-0.3, -0.25) is 0 Å². The minimum Gasteiger partial charge on any atom is -0.508 e. The van der Waals surface area contributed by atoms with E-state index in [1.807, 2.05) is 18.2 Å². The van der Waals surface area contributed by atoms with E-state index in [1.54, 1.807) is 27.4 Å². The molecule has 0 spiro atoms. The topological polar surface area (TPSA) is 47.9 Å². The molecule has 0 saturated carbocycles. The summed E-state index contributed by atoms with van der Waals surface area (Å²) in [6, 6.07) is 8.53. The molecule has 1 unspecified atom stereocenters. The van der Waals surface area contributed by atoms with Crippen LogP contribution in [0.25, 0.3) is 0 Å². The Morgan fingerprint density at radius 2 is 1.86 bits per heavy atom. The molecule has 1 aromatic carbocycles. The highest BCUT2D eigenvalue weighted by Crippen LogP contribution is 2.43. The van der Waals surface area contributed by atoms with Gasteiger partial charge in [0.25, 0.3) is 0 Å². The van der Waals surface area contributed by atoms with Gasteiger partial charge >= 0.3 is 8.56 Å². The number of aryl methyl sites for hydroxylation is 1. The highest BCUT2D eigenvalue weighted by atomic mass is 28.4. The zero-order valence-corrected chi connectivity index (χ0v) is 14.9. The minimum atomic E-state index is -2.35. The summed E-state index contributed by atoms with van der Waals surface area (Å²) < 4.78 is 17.8. The second-order valence-corrected chi connectivity index (χ2v) is 9.78. The summed E-state index contributed by atoms with van der Waals surface area (Å²) in [5, 5.41) is 9.61. The second-order valence-electron chi connectivity index (χ2n) is 6.05. The Morgan fingerprint density at radius 3 is 2.50 bits per heavy atom. The quantitative estimate of drug-likeness (QED) is 0.779. The van der Waals surface area contributed by atoms with Crippen LogP contribution in [0.2, 0.25) is 6.04 Å². The van der Waals surface area contributed by atoms with E-state index in [0.29, 0.717) is 5.75 Å². The van der Waals surface area contributed by atoms with Crippen molar-refractivity contribution < 1.29 is 18.7 Å². The molecule has 0 aliphatic carbocycles. The Bertz CT molecular complexity index is 475. The molecule has 5 heteroatoms. The maximum atomic E-state index is 9.89. The van der Waals surface area contributed by atoms with Gasteiger partial charge in [0, 0.05) is 21.3 Å². The average Bonchev–Trinajstić information content (AvgIpc) is 2.57. The summed E-state index contributed by atoms with van der Waals surface area (Å²) in [6.07, 6.45) is 6.01. The predicted octanol–water partition coefficient (Wildman–Crippen LogP) is 3.56. The molecule has 2 rings (SSSR count). The first-order valence-electron chi connectivity index (χ1n) is 8.05. The van der Waals surface area contributed by atoms with E-state index >= 15 is 0 Å². The SMILES string of the molecule is COC1(CCCc2ccccc2O)CCCC[Si]1(OC)OC. The predicted molar refractivity (Wildman–Crippen MR) is 89.2 cm³/mol. The van der Waals surface area contributed by atoms with Crippen LogP contribution in [0.5, 0.6) is 5.75 Å². The molecule has 0 aromatic heterocycles. The third-order valence-corrected chi connectivity index (χ3v) is 9.52. The standard InChI is InChI=1S/C17H28O4Si/c1-19-17(12-6-7-14-22(17,20-2)21-3)13-8-10-15-9-4-5-11-16(15)18/h4-5,9,11,18H,6-8,10,12-14H2,1-3H3. The van der Waals surface area contributed by atoms with Gasteiger partial charge in [0.1, 0.15) is 11.0 Å². The van der Waals surface area contributed by atoms with Crippen LogP contribution in [0.1, 0.15) is 37.7 Å².